The molecule has 5 aromatic carbocycles. The van der Waals surface area contributed by atoms with Crippen molar-refractivity contribution in [3.63, 3.8) is 0 Å². The lowest BCUT2D eigenvalue weighted by Gasteiger charge is -2.54. The summed E-state index contributed by atoms with van der Waals surface area (Å²) in [7, 11) is 0. The number of anilines is 3. The second-order valence-corrected chi connectivity index (χ2v) is 23.3. The van der Waals surface area contributed by atoms with Crippen molar-refractivity contribution < 1.29 is 0 Å². The molecular formula is C62H71BN2. The maximum atomic E-state index is 2.79. The predicted molar refractivity (Wildman–Crippen MR) is 279 cm³/mol. The smallest absolute Gasteiger partial charge is 0.226 e. The first-order valence-electron chi connectivity index (χ1n) is 24.9. The summed E-state index contributed by atoms with van der Waals surface area (Å²) in [6, 6.07) is 49.1. The van der Waals surface area contributed by atoms with Crippen LogP contribution in [0.25, 0.3) is 0 Å². The van der Waals surface area contributed by atoms with Gasteiger partial charge in [0.15, 0.2) is 0 Å². The fourth-order valence-electron chi connectivity index (χ4n) is 12.3. The maximum Gasteiger partial charge on any atom is 0.226 e. The van der Waals surface area contributed by atoms with E-state index in [1.807, 2.05) is 0 Å². The van der Waals surface area contributed by atoms with Crippen molar-refractivity contribution in [1.29, 1.82) is 0 Å². The Morgan fingerprint density at radius 1 is 0.538 bits per heavy atom. The summed E-state index contributed by atoms with van der Waals surface area (Å²) in [5, 5.41) is 0. The van der Waals surface area contributed by atoms with Gasteiger partial charge in [-0.05, 0) is 122 Å². The molecule has 3 atom stereocenters. The lowest BCUT2D eigenvalue weighted by atomic mass is 9.27. The zero-order valence-corrected chi connectivity index (χ0v) is 41.0. The molecule has 3 heteroatoms. The van der Waals surface area contributed by atoms with Crippen LogP contribution in [0.3, 0.4) is 0 Å². The van der Waals surface area contributed by atoms with Crippen LogP contribution in [-0.2, 0) is 16.2 Å². The summed E-state index contributed by atoms with van der Waals surface area (Å²) < 4.78 is 0. The summed E-state index contributed by atoms with van der Waals surface area (Å²) in [6.45, 7) is 24.0. The van der Waals surface area contributed by atoms with E-state index >= 15 is 0 Å². The molecule has 5 aromatic rings. The zero-order chi connectivity index (χ0) is 45.5. The third-order valence-corrected chi connectivity index (χ3v) is 16.4. The SMILES string of the molecule is CC(C)(C)C1=CC2B3C4=C(CC(C5CCCCC5)C=C4N(c4ccc(C(C)(C)c5ccccc5)cc4)C2C=C1)N(c1ccc(C(C)(C)c2ccccc2)cc1)c1ccc(C(C)(C)C)cc13. The third-order valence-electron chi connectivity index (χ3n) is 16.4. The van der Waals surface area contributed by atoms with E-state index in [9.17, 15) is 0 Å². The molecule has 332 valence electrons. The van der Waals surface area contributed by atoms with E-state index in [1.54, 1.807) is 5.47 Å². The van der Waals surface area contributed by atoms with Crippen molar-refractivity contribution in [2.75, 3.05) is 9.80 Å². The summed E-state index contributed by atoms with van der Waals surface area (Å²) in [5.41, 5.74) is 17.9. The lowest BCUT2D eigenvalue weighted by Crippen LogP contribution is -2.59. The largest absolute Gasteiger partial charge is 0.335 e. The van der Waals surface area contributed by atoms with Crippen molar-refractivity contribution in [1.82, 2.24) is 0 Å². The van der Waals surface area contributed by atoms with Gasteiger partial charge in [-0.15, -0.1) is 0 Å². The summed E-state index contributed by atoms with van der Waals surface area (Å²) in [4.78, 5) is 5.52. The van der Waals surface area contributed by atoms with E-state index < -0.39 is 0 Å². The van der Waals surface area contributed by atoms with Gasteiger partial charge < -0.3 is 9.80 Å². The van der Waals surface area contributed by atoms with Crippen LogP contribution in [0, 0.1) is 17.3 Å². The molecule has 0 amide bonds. The summed E-state index contributed by atoms with van der Waals surface area (Å²) in [6.07, 6.45) is 18.3. The van der Waals surface area contributed by atoms with Crippen LogP contribution in [0.15, 0.2) is 174 Å². The molecule has 2 aliphatic heterocycles. The number of allylic oxidation sites excluding steroid dienone is 5. The quantitative estimate of drug-likeness (QED) is 0.151. The first kappa shape index (κ1) is 43.6. The van der Waals surface area contributed by atoms with Gasteiger partial charge >= 0.3 is 0 Å². The second kappa shape index (κ2) is 16.3. The van der Waals surface area contributed by atoms with Gasteiger partial charge in [0.05, 0.1) is 6.04 Å². The van der Waals surface area contributed by atoms with Crippen LogP contribution < -0.4 is 15.3 Å². The molecule has 0 spiro atoms. The minimum atomic E-state index is -0.114. The van der Waals surface area contributed by atoms with Gasteiger partial charge in [-0.25, -0.2) is 0 Å². The van der Waals surface area contributed by atoms with E-state index in [4.69, 9.17) is 0 Å². The number of benzene rings is 5. The number of hydrogen-bond donors (Lipinski definition) is 0. The van der Waals surface area contributed by atoms with Crippen molar-refractivity contribution in [3.05, 3.63) is 202 Å². The average molecular weight is 855 g/mol. The fraction of sp³-hybridized carbons (Fsp3) is 0.387. The molecule has 2 heterocycles. The number of nitrogens with zero attached hydrogens (tertiary/aromatic N) is 2. The van der Waals surface area contributed by atoms with Crippen LogP contribution in [0.2, 0.25) is 5.82 Å². The molecule has 2 fully saturated rings. The molecule has 0 bridgehead atoms. The molecule has 3 aliphatic carbocycles. The molecule has 2 nitrogen and oxygen atoms in total. The first-order valence-corrected chi connectivity index (χ1v) is 24.9. The zero-order valence-electron chi connectivity index (χ0n) is 41.0. The molecule has 1 saturated heterocycles. The van der Waals surface area contributed by atoms with E-state index in [1.165, 1.54) is 99.4 Å². The predicted octanol–water partition coefficient (Wildman–Crippen LogP) is 15.6. The Labute approximate surface area is 392 Å². The van der Waals surface area contributed by atoms with Crippen LogP contribution in [0.1, 0.15) is 136 Å². The van der Waals surface area contributed by atoms with Gasteiger partial charge in [0.25, 0.3) is 0 Å². The monoisotopic (exact) mass is 855 g/mol. The normalized spacial score (nSPS) is 21.4. The van der Waals surface area contributed by atoms with Gasteiger partial charge in [-0.3, -0.25) is 0 Å². The highest BCUT2D eigenvalue weighted by atomic mass is 15.2. The van der Waals surface area contributed by atoms with Crippen LogP contribution >= 0.6 is 0 Å². The third kappa shape index (κ3) is 7.69. The molecule has 10 rings (SSSR count). The molecule has 65 heavy (non-hydrogen) atoms. The fourth-order valence-corrected chi connectivity index (χ4v) is 12.3. The minimum absolute atomic E-state index is 0.0186. The maximum absolute atomic E-state index is 2.79. The molecule has 0 radical (unpaired) electrons. The topological polar surface area (TPSA) is 6.48 Å². The van der Waals surface area contributed by atoms with Crippen LogP contribution in [0.5, 0.6) is 0 Å². The van der Waals surface area contributed by atoms with Gasteiger partial charge in [0.1, 0.15) is 0 Å². The van der Waals surface area contributed by atoms with Crippen molar-refractivity contribution in [3.8, 4) is 0 Å². The van der Waals surface area contributed by atoms with E-state index in [0.717, 1.165) is 6.42 Å². The Kier molecular flexibility index (Phi) is 10.9. The van der Waals surface area contributed by atoms with E-state index in [0.29, 0.717) is 11.8 Å². The number of rotatable bonds is 7. The molecule has 1 saturated carbocycles. The van der Waals surface area contributed by atoms with Gasteiger partial charge in [-0.1, -0.05) is 210 Å². The Morgan fingerprint density at radius 3 is 1.63 bits per heavy atom. The Bertz CT molecular complexity index is 2680. The molecule has 0 N–H and O–H groups in total. The Balaban J connectivity index is 1.19. The van der Waals surface area contributed by atoms with Crippen LogP contribution in [-0.4, -0.2) is 12.8 Å². The van der Waals surface area contributed by atoms with Crippen molar-refractivity contribution in [2.45, 2.75) is 136 Å². The summed E-state index contributed by atoms with van der Waals surface area (Å²) in [5.74, 6) is 1.42. The molecule has 3 unspecified atom stereocenters. The highest BCUT2D eigenvalue weighted by molar-refractivity contribution is 6.85. The van der Waals surface area contributed by atoms with E-state index in [2.05, 4.69) is 231 Å². The Hall–Kier alpha value is -5.28. The lowest BCUT2D eigenvalue weighted by molar-refractivity contribution is 0.280. The summed E-state index contributed by atoms with van der Waals surface area (Å²) >= 11 is 0. The molecule has 5 aliphatic rings. The highest BCUT2D eigenvalue weighted by Gasteiger charge is 2.53. The van der Waals surface area contributed by atoms with E-state index in [-0.39, 0.29) is 40.2 Å². The average Bonchev–Trinajstić information content (AvgIpc) is 3.31. The number of hydrogen-bond acceptors (Lipinski definition) is 2. The molecular weight excluding hydrogens is 784 g/mol. The first-order chi connectivity index (χ1) is 31.0. The molecule has 0 aromatic heterocycles. The minimum Gasteiger partial charge on any atom is -0.335 e. The van der Waals surface area contributed by atoms with Gasteiger partial charge in [-0.2, -0.15) is 0 Å². The van der Waals surface area contributed by atoms with Gasteiger partial charge in [0.2, 0.25) is 6.71 Å². The second-order valence-electron chi connectivity index (χ2n) is 23.3. The number of fused-ring (bicyclic) bond motifs is 4. The van der Waals surface area contributed by atoms with Gasteiger partial charge in [0, 0.05) is 39.3 Å². The van der Waals surface area contributed by atoms with Crippen LogP contribution in [0.4, 0.5) is 17.1 Å². The highest BCUT2D eigenvalue weighted by Crippen LogP contribution is 2.55. The van der Waals surface area contributed by atoms with Crippen molar-refractivity contribution in [2.24, 2.45) is 17.3 Å². The standard InChI is InChI=1S/C62H71BN2/c1-59(2,3)48-30-36-54-52(40-48)63-53-41-49(60(4,5)6)31-37-55(53)65(51-34-28-47(29-35-51)62(9,10)45-24-18-13-19-25-45)57-39-43(42-20-14-11-15-21-42)38-56(58(57)63)64(54)50-32-26-46(27-33-50)61(7,8)44-22-16-12-17-23-44/h12-13,16-19,22-38,40-43,52,54H,11,14-15,20-21,39H2,1-10H3. The van der Waals surface area contributed by atoms with Crippen molar-refractivity contribution >= 4 is 29.2 Å². The Morgan fingerprint density at radius 2 is 1.08 bits per heavy atom.